The molecule has 16 heavy (non-hydrogen) atoms. The van der Waals surface area contributed by atoms with Crippen LogP contribution in [0, 0.1) is 11.8 Å². The Hall–Kier alpha value is -0.0800. The lowest BCUT2D eigenvalue weighted by Crippen LogP contribution is -2.35. The van der Waals surface area contributed by atoms with E-state index >= 15 is 0 Å². The standard InChI is InChI=1S/C14H30N2/c1-12(2)11-16(13(3)4)9-5-6-14-7-8-15-10-14/h12-15H,5-11H2,1-4H3. The summed E-state index contributed by atoms with van der Waals surface area (Å²) in [5.74, 6) is 1.74. The lowest BCUT2D eigenvalue weighted by atomic mass is 10.0. The van der Waals surface area contributed by atoms with Gasteiger partial charge < -0.3 is 10.2 Å². The van der Waals surface area contributed by atoms with Gasteiger partial charge in [-0.05, 0) is 64.6 Å². The third-order valence-electron chi connectivity index (χ3n) is 3.55. The van der Waals surface area contributed by atoms with Gasteiger partial charge in [0.1, 0.15) is 0 Å². The molecule has 0 spiro atoms. The van der Waals surface area contributed by atoms with Crippen LogP contribution in [-0.2, 0) is 0 Å². The van der Waals surface area contributed by atoms with E-state index in [9.17, 15) is 0 Å². The number of rotatable bonds is 7. The molecule has 2 heteroatoms. The molecule has 0 aromatic rings. The Kier molecular flexibility index (Phi) is 6.37. The summed E-state index contributed by atoms with van der Waals surface area (Å²) in [5.41, 5.74) is 0. The Labute approximate surface area is 102 Å². The number of nitrogens with zero attached hydrogens (tertiary/aromatic N) is 1. The summed E-state index contributed by atoms with van der Waals surface area (Å²) in [6.07, 6.45) is 4.18. The van der Waals surface area contributed by atoms with Gasteiger partial charge in [-0.1, -0.05) is 13.8 Å². The molecular weight excluding hydrogens is 196 g/mol. The van der Waals surface area contributed by atoms with Gasteiger partial charge in [0.2, 0.25) is 0 Å². The lowest BCUT2D eigenvalue weighted by Gasteiger charge is -2.28. The molecule has 0 aromatic heterocycles. The summed E-state index contributed by atoms with van der Waals surface area (Å²) in [7, 11) is 0. The van der Waals surface area contributed by atoms with Crippen molar-refractivity contribution in [2.24, 2.45) is 11.8 Å². The van der Waals surface area contributed by atoms with Crippen molar-refractivity contribution in [3.8, 4) is 0 Å². The van der Waals surface area contributed by atoms with Crippen LogP contribution < -0.4 is 5.32 Å². The average Bonchev–Trinajstić information content (AvgIpc) is 2.68. The van der Waals surface area contributed by atoms with E-state index in [-0.39, 0.29) is 0 Å². The molecule has 96 valence electrons. The summed E-state index contributed by atoms with van der Waals surface area (Å²) in [6.45, 7) is 14.3. The third-order valence-corrected chi connectivity index (χ3v) is 3.55. The molecule has 2 nitrogen and oxygen atoms in total. The van der Waals surface area contributed by atoms with Gasteiger partial charge in [0.05, 0.1) is 0 Å². The first kappa shape index (κ1) is 14.0. The van der Waals surface area contributed by atoms with Crippen LogP contribution in [0.15, 0.2) is 0 Å². The van der Waals surface area contributed by atoms with Gasteiger partial charge in [-0.25, -0.2) is 0 Å². The molecular formula is C14H30N2. The minimum Gasteiger partial charge on any atom is -0.316 e. The lowest BCUT2D eigenvalue weighted by molar-refractivity contribution is 0.191. The number of hydrogen-bond acceptors (Lipinski definition) is 2. The minimum atomic E-state index is 0.698. The van der Waals surface area contributed by atoms with Crippen molar-refractivity contribution in [2.75, 3.05) is 26.2 Å². The van der Waals surface area contributed by atoms with E-state index in [4.69, 9.17) is 0 Å². The zero-order chi connectivity index (χ0) is 12.0. The second-order valence-corrected chi connectivity index (χ2v) is 5.98. The molecule has 0 amide bonds. The summed E-state index contributed by atoms with van der Waals surface area (Å²) in [4.78, 5) is 2.63. The van der Waals surface area contributed by atoms with Gasteiger partial charge in [-0.15, -0.1) is 0 Å². The Morgan fingerprint density at radius 1 is 1.25 bits per heavy atom. The van der Waals surface area contributed by atoms with Crippen LogP contribution in [0.3, 0.4) is 0 Å². The third kappa shape index (κ3) is 5.31. The van der Waals surface area contributed by atoms with Crippen LogP contribution in [-0.4, -0.2) is 37.1 Å². The summed E-state index contributed by atoms with van der Waals surface area (Å²) in [5, 5.41) is 3.45. The van der Waals surface area contributed by atoms with Crippen molar-refractivity contribution in [1.29, 1.82) is 0 Å². The summed E-state index contributed by atoms with van der Waals surface area (Å²) < 4.78 is 0. The van der Waals surface area contributed by atoms with E-state index in [0.717, 1.165) is 11.8 Å². The SMILES string of the molecule is CC(C)CN(CCCC1CCNC1)C(C)C. The van der Waals surface area contributed by atoms with Crippen LogP contribution in [0.25, 0.3) is 0 Å². The van der Waals surface area contributed by atoms with Crippen molar-refractivity contribution < 1.29 is 0 Å². The Morgan fingerprint density at radius 3 is 2.50 bits per heavy atom. The van der Waals surface area contributed by atoms with Crippen LogP contribution in [0.1, 0.15) is 47.0 Å². The van der Waals surface area contributed by atoms with Gasteiger partial charge >= 0.3 is 0 Å². The van der Waals surface area contributed by atoms with Crippen molar-refractivity contribution in [2.45, 2.75) is 53.0 Å². The first-order chi connectivity index (χ1) is 7.59. The highest BCUT2D eigenvalue weighted by Gasteiger charge is 2.15. The fourth-order valence-corrected chi connectivity index (χ4v) is 2.57. The van der Waals surface area contributed by atoms with Crippen LogP contribution in [0.2, 0.25) is 0 Å². The molecule has 1 unspecified atom stereocenters. The fourth-order valence-electron chi connectivity index (χ4n) is 2.57. The molecule has 1 atom stereocenters. The van der Waals surface area contributed by atoms with Gasteiger partial charge in [0.15, 0.2) is 0 Å². The zero-order valence-electron chi connectivity index (χ0n) is 11.6. The van der Waals surface area contributed by atoms with E-state index in [1.165, 1.54) is 45.4 Å². The maximum Gasteiger partial charge on any atom is 0.00387 e. The first-order valence-corrected chi connectivity index (χ1v) is 7.04. The maximum atomic E-state index is 3.45. The Bertz CT molecular complexity index is 172. The molecule has 0 aliphatic carbocycles. The highest BCUT2D eigenvalue weighted by atomic mass is 15.1. The van der Waals surface area contributed by atoms with Crippen molar-refractivity contribution >= 4 is 0 Å². The molecule has 0 saturated carbocycles. The number of nitrogens with one attached hydrogen (secondary N) is 1. The molecule has 1 heterocycles. The molecule has 0 bridgehead atoms. The zero-order valence-corrected chi connectivity index (χ0v) is 11.6. The summed E-state index contributed by atoms with van der Waals surface area (Å²) in [6, 6.07) is 0.698. The Morgan fingerprint density at radius 2 is 2.00 bits per heavy atom. The predicted octanol–water partition coefficient (Wildman–Crippen LogP) is 2.74. The summed E-state index contributed by atoms with van der Waals surface area (Å²) >= 11 is 0. The second kappa shape index (κ2) is 7.29. The van der Waals surface area contributed by atoms with Gasteiger partial charge in [0.25, 0.3) is 0 Å². The number of hydrogen-bond donors (Lipinski definition) is 1. The normalized spacial score (nSPS) is 21.6. The highest BCUT2D eigenvalue weighted by molar-refractivity contribution is 4.72. The van der Waals surface area contributed by atoms with E-state index in [2.05, 4.69) is 37.9 Å². The fraction of sp³-hybridized carbons (Fsp3) is 1.00. The molecule has 0 radical (unpaired) electrons. The van der Waals surface area contributed by atoms with E-state index in [0.29, 0.717) is 6.04 Å². The monoisotopic (exact) mass is 226 g/mol. The largest absolute Gasteiger partial charge is 0.316 e. The van der Waals surface area contributed by atoms with Crippen molar-refractivity contribution in [3.63, 3.8) is 0 Å². The molecule has 1 rings (SSSR count). The predicted molar refractivity (Wildman–Crippen MR) is 71.8 cm³/mol. The Balaban J connectivity index is 2.15. The van der Waals surface area contributed by atoms with E-state index in [1.54, 1.807) is 0 Å². The van der Waals surface area contributed by atoms with Gasteiger partial charge in [0, 0.05) is 12.6 Å². The maximum absolute atomic E-state index is 3.45. The molecule has 1 N–H and O–H groups in total. The molecule has 1 fully saturated rings. The highest BCUT2D eigenvalue weighted by Crippen LogP contribution is 2.15. The van der Waals surface area contributed by atoms with Gasteiger partial charge in [-0.3, -0.25) is 0 Å². The van der Waals surface area contributed by atoms with Gasteiger partial charge in [-0.2, -0.15) is 0 Å². The quantitative estimate of drug-likeness (QED) is 0.718. The average molecular weight is 226 g/mol. The van der Waals surface area contributed by atoms with E-state index < -0.39 is 0 Å². The van der Waals surface area contributed by atoms with Crippen molar-refractivity contribution in [1.82, 2.24) is 10.2 Å². The smallest absolute Gasteiger partial charge is 0.00387 e. The molecule has 1 aliphatic rings. The molecule has 0 aromatic carbocycles. The minimum absolute atomic E-state index is 0.698. The first-order valence-electron chi connectivity index (χ1n) is 7.04. The van der Waals surface area contributed by atoms with Crippen LogP contribution in [0.5, 0.6) is 0 Å². The van der Waals surface area contributed by atoms with Crippen LogP contribution in [0.4, 0.5) is 0 Å². The topological polar surface area (TPSA) is 15.3 Å². The molecule has 1 aliphatic heterocycles. The van der Waals surface area contributed by atoms with Crippen LogP contribution >= 0.6 is 0 Å². The second-order valence-electron chi connectivity index (χ2n) is 5.98. The van der Waals surface area contributed by atoms with E-state index in [1.807, 2.05) is 0 Å². The molecule has 1 saturated heterocycles. The van der Waals surface area contributed by atoms with Crippen molar-refractivity contribution in [3.05, 3.63) is 0 Å².